The van der Waals surface area contributed by atoms with Crippen LogP contribution in [0.2, 0.25) is 0 Å². The van der Waals surface area contributed by atoms with E-state index < -0.39 is 6.04 Å². The molecule has 0 aromatic heterocycles. The highest BCUT2D eigenvalue weighted by Crippen LogP contribution is 2.18. The highest BCUT2D eigenvalue weighted by atomic mass is 16.2. The highest BCUT2D eigenvalue weighted by Gasteiger charge is 2.13. The number of carbonyl (C=O) groups is 1. The number of amides is 1. The van der Waals surface area contributed by atoms with Gasteiger partial charge in [0.1, 0.15) is 0 Å². The van der Waals surface area contributed by atoms with Crippen LogP contribution in [0.4, 0.5) is 0 Å². The zero-order valence-electron chi connectivity index (χ0n) is 11.7. The van der Waals surface area contributed by atoms with Gasteiger partial charge in [0.2, 0.25) is 5.91 Å². The molecule has 0 aliphatic rings. The van der Waals surface area contributed by atoms with E-state index in [1.54, 1.807) is 18.9 Å². The molecule has 0 saturated carbocycles. The van der Waals surface area contributed by atoms with Crippen molar-refractivity contribution in [3.8, 4) is 0 Å². The topological polar surface area (TPSA) is 46.3 Å². The fraction of sp³-hybridized carbons (Fsp3) is 0.312. The number of carbonyl (C=O) groups excluding carboxylic acids is 1. The Bertz CT molecular complexity index is 605. The first-order valence-electron chi connectivity index (χ1n) is 6.47. The van der Waals surface area contributed by atoms with Crippen molar-refractivity contribution in [2.45, 2.75) is 26.4 Å². The number of aryl methyl sites for hydroxylation is 1. The minimum Gasteiger partial charge on any atom is -0.340 e. The fourth-order valence-electron chi connectivity index (χ4n) is 2.21. The molecule has 0 radical (unpaired) electrons. The van der Waals surface area contributed by atoms with Crippen LogP contribution in [-0.4, -0.2) is 23.9 Å². The molecule has 3 nitrogen and oxygen atoms in total. The van der Waals surface area contributed by atoms with Crippen LogP contribution in [0.15, 0.2) is 36.4 Å². The molecule has 0 spiro atoms. The Kier molecular flexibility index (Phi) is 3.86. The van der Waals surface area contributed by atoms with Crippen molar-refractivity contribution >= 4 is 16.7 Å². The van der Waals surface area contributed by atoms with E-state index in [4.69, 9.17) is 5.73 Å². The number of hydrogen-bond donors (Lipinski definition) is 1. The summed E-state index contributed by atoms with van der Waals surface area (Å²) in [5.41, 5.74) is 7.98. The van der Waals surface area contributed by atoms with E-state index in [0.717, 1.165) is 5.56 Å². The lowest BCUT2D eigenvalue weighted by atomic mass is 10.0. The third-order valence-corrected chi connectivity index (χ3v) is 3.25. The van der Waals surface area contributed by atoms with Gasteiger partial charge in [-0.2, -0.15) is 0 Å². The van der Waals surface area contributed by atoms with Crippen LogP contribution in [0.1, 0.15) is 18.1 Å². The van der Waals surface area contributed by atoms with Crippen LogP contribution >= 0.6 is 0 Å². The van der Waals surface area contributed by atoms with E-state index in [-0.39, 0.29) is 5.91 Å². The zero-order chi connectivity index (χ0) is 14.0. The first-order valence-corrected chi connectivity index (χ1v) is 6.47. The molecule has 2 aromatic rings. The van der Waals surface area contributed by atoms with Gasteiger partial charge in [0.15, 0.2) is 0 Å². The van der Waals surface area contributed by atoms with Gasteiger partial charge in [-0.25, -0.2) is 0 Å². The molecule has 1 amide bonds. The quantitative estimate of drug-likeness (QED) is 0.917. The van der Waals surface area contributed by atoms with Crippen LogP contribution in [0.5, 0.6) is 0 Å². The highest BCUT2D eigenvalue weighted by molar-refractivity contribution is 5.84. The Morgan fingerprint density at radius 2 is 1.84 bits per heavy atom. The first kappa shape index (κ1) is 13.6. The summed E-state index contributed by atoms with van der Waals surface area (Å²) in [5.74, 6) is -0.0380. The standard InChI is InChI=1S/C16H20N2O/c1-11-4-6-15-9-13(5-7-14(15)8-11)10-18(3)16(19)12(2)17/h4-9,12H,10,17H2,1-3H3. The molecule has 2 N–H and O–H groups in total. The Morgan fingerprint density at radius 1 is 1.21 bits per heavy atom. The number of rotatable bonds is 3. The van der Waals surface area contributed by atoms with Gasteiger partial charge in [-0.1, -0.05) is 35.9 Å². The van der Waals surface area contributed by atoms with Crippen molar-refractivity contribution in [1.29, 1.82) is 0 Å². The second-order valence-electron chi connectivity index (χ2n) is 5.17. The SMILES string of the molecule is Cc1ccc2cc(CN(C)C(=O)C(C)N)ccc2c1. The third kappa shape index (κ3) is 3.12. The molecule has 0 fully saturated rings. The van der Waals surface area contributed by atoms with Crippen LogP contribution in [0.3, 0.4) is 0 Å². The largest absolute Gasteiger partial charge is 0.340 e. The summed E-state index contributed by atoms with van der Waals surface area (Å²) in [6.45, 7) is 4.38. The Hall–Kier alpha value is -1.87. The first-order chi connectivity index (χ1) is 8.97. The summed E-state index contributed by atoms with van der Waals surface area (Å²) in [4.78, 5) is 13.4. The number of benzene rings is 2. The van der Waals surface area contributed by atoms with E-state index in [2.05, 4.69) is 43.3 Å². The number of hydrogen-bond acceptors (Lipinski definition) is 2. The fourth-order valence-corrected chi connectivity index (χ4v) is 2.21. The lowest BCUT2D eigenvalue weighted by Crippen LogP contribution is -2.39. The molecule has 2 rings (SSSR count). The molecule has 2 aromatic carbocycles. The maximum Gasteiger partial charge on any atom is 0.239 e. The molecule has 0 bridgehead atoms. The minimum absolute atomic E-state index is 0.0380. The normalized spacial score (nSPS) is 12.4. The molecule has 19 heavy (non-hydrogen) atoms. The van der Waals surface area contributed by atoms with Gasteiger partial charge in [0, 0.05) is 13.6 Å². The number of nitrogens with zero attached hydrogens (tertiary/aromatic N) is 1. The summed E-state index contributed by atoms with van der Waals surface area (Å²) in [7, 11) is 1.78. The van der Waals surface area contributed by atoms with Crippen molar-refractivity contribution < 1.29 is 4.79 Å². The average molecular weight is 256 g/mol. The Balaban J connectivity index is 2.22. The van der Waals surface area contributed by atoms with Crippen LogP contribution in [0.25, 0.3) is 10.8 Å². The molecule has 0 aliphatic heterocycles. The third-order valence-electron chi connectivity index (χ3n) is 3.25. The van der Waals surface area contributed by atoms with Crippen molar-refractivity contribution in [2.75, 3.05) is 7.05 Å². The molecular weight excluding hydrogens is 236 g/mol. The molecule has 0 heterocycles. The summed E-state index contributed by atoms with van der Waals surface area (Å²) in [5, 5.41) is 2.43. The summed E-state index contributed by atoms with van der Waals surface area (Å²) in [6.07, 6.45) is 0. The van der Waals surface area contributed by atoms with E-state index in [0.29, 0.717) is 6.54 Å². The molecule has 1 atom stereocenters. The van der Waals surface area contributed by atoms with Gasteiger partial charge in [-0.3, -0.25) is 4.79 Å². The summed E-state index contributed by atoms with van der Waals surface area (Å²) < 4.78 is 0. The number of fused-ring (bicyclic) bond motifs is 1. The van der Waals surface area contributed by atoms with E-state index in [1.165, 1.54) is 16.3 Å². The number of likely N-dealkylation sites (N-methyl/N-ethyl adjacent to an activating group) is 1. The van der Waals surface area contributed by atoms with E-state index in [9.17, 15) is 4.79 Å². The minimum atomic E-state index is -0.451. The zero-order valence-corrected chi connectivity index (χ0v) is 11.7. The van der Waals surface area contributed by atoms with Gasteiger partial charge in [0.25, 0.3) is 0 Å². The maximum atomic E-state index is 11.8. The van der Waals surface area contributed by atoms with Gasteiger partial charge in [-0.15, -0.1) is 0 Å². The number of nitrogens with two attached hydrogens (primary N) is 1. The second kappa shape index (κ2) is 5.41. The summed E-state index contributed by atoms with van der Waals surface area (Å²) in [6, 6.07) is 12.2. The maximum absolute atomic E-state index is 11.8. The van der Waals surface area contributed by atoms with Crippen LogP contribution in [-0.2, 0) is 11.3 Å². The lowest BCUT2D eigenvalue weighted by Gasteiger charge is -2.19. The average Bonchev–Trinajstić information content (AvgIpc) is 2.37. The van der Waals surface area contributed by atoms with Gasteiger partial charge >= 0.3 is 0 Å². The second-order valence-corrected chi connectivity index (χ2v) is 5.17. The van der Waals surface area contributed by atoms with E-state index >= 15 is 0 Å². The molecule has 0 saturated heterocycles. The molecular formula is C16H20N2O. The summed E-state index contributed by atoms with van der Waals surface area (Å²) >= 11 is 0. The Labute approximate surface area is 114 Å². The molecule has 0 aliphatic carbocycles. The van der Waals surface area contributed by atoms with Crippen molar-refractivity contribution in [3.63, 3.8) is 0 Å². The molecule has 1 unspecified atom stereocenters. The Morgan fingerprint density at radius 3 is 2.53 bits per heavy atom. The van der Waals surface area contributed by atoms with Gasteiger partial charge in [0.05, 0.1) is 6.04 Å². The molecule has 100 valence electrons. The smallest absolute Gasteiger partial charge is 0.239 e. The van der Waals surface area contributed by atoms with Crippen LogP contribution < -0.4 is 5.73 Å². The van der Waals surface area contributed by atoms with Crippen LogP contribution in [0, 0.1) is 6.92 Å². The van der Waals surface area contributed by atoms with Gasteiger partial charge in [-0.05, 0) is 36.2 Å². The predicted octanol–water partition coefficient (Wildman–Crippen LogP) is 2.45. The van der Waals surface area contributed by atoms with Gasteiger partial charge < -0.3 is 10.6 Å². The van der Waals surface area contributed by atoms with Crippen molar-refractivity contribution in [3.05, 3.63) is 47.5 Å². The molecule has 3 heteroatoms. The lowest BCUT2D eigenvalue weighted by molar-refractivity contribution is -0.131. The predicted molar refractivity (Wildman–Crippen MR) is 78.8 cm³/mol. The monoisotopic (exact) mass is 256 g/mol. The van der Waals surface area contributed by atoms with Crippen molar-refractivity contribution in [2.24, 2.45) is 5.73 Å². The van der Waals surface area contributed by atoms with Crippen molar-refractivity contribution in [1.82, 2.24) is 4.90 Å². The van der Waals surface area contributed by atoms with E-state index in [1.807, 2.05) is 0 Å².